The van der Waals surface area contributed by atoms with Gasteiger partial charge in [0.1, 0.15) is 5.54 Å². The van der Waals surface area contributed by atoms with E-state index in [1.807, 2.05) is 53.6 Å². The molecule has 3 amide bonds. The number of pyridine rings is 1. The van der Waals surface area contributed by atoms with Crippen molar-refractivity contribution in [1.82, 2.24) is 19.7 Å². The van der Waals surface area contributed by atoms with Crippen molar-refractivity contribution in [3.63, 3.8) is 0 Å². The Balaban J connectivity index is 1.29. The number of urea groups is 1. The highest BCUT2D eigenvalue weighted by Gasteiger charge is 2.57. The van der Waals surface area contributed by atoms with E-state index in [1.165, 1.54) is 17.7 Å². The van der Waals surface area contributed by atoms with Gasteiger partial charge >= 0.3 is 6.03 Å². The van der Waals surface area contributed by atoms with Gasteiger partial charge in [-0.2, -0.15) is 0 Å². The zero-order valence-electron chi connectivity index (χ0n) is 20.5. The molecule has 0 bridgehead atoms. The van der Waals surface area contributed by atoms with E-state index in [0.717, 1.165) is 50.0 Å². The van der Waals surface area contributed by atoms with Gasteiger partial charge in [-0.3, -0.25) is 14.7 Å². The highest BCUT2D eigenvalue weighted by molar-refractivity contribution is 6.07. The minimum absolute atomic E-state index is 0.00451. The van der Waals surface area contributed by atoms with Crippen molar-refractivity contribution in [1.29, 1.82) is 0 Å². The number of imide groups is 1. The van der Waals surface area contributed by atoms with Gasteiger partial charge in [0.15, 0.2) is 0 Å². The highest BCUT2D eigenvalue weighted by atomic mass is 16.2. The summed E-state index contributed by atoms with van der Waals surface area (Å²) in [7, 11) is 0. The maximum absolute atomic E-state index is 13.9. The molecule has 6 nitrogen and oxygen atoms in total. The molecule has 5 rings (SSSR count). The Hall–Kier alpha value is -2.99. The first kappa shape index (κ1) is 23.7. The Bertz CT molecular complexity index is 1030. The molecule has 0 radical (unpaired) electrons. The average molecular weight is 473 g/mol. The van der Waals surface area contributed by atoms with Crippen LogP contribution in [0.4, 0.5) is 4.79 Å². The van der Waals surface area contributed by atoms with Crippen LogP contribution in [-0.2, 0) is 17.8 Å². The standard InChI is InChI=1S/C29H36N4O2/c34-27-29(15-19-31(20-16-29)22-25-9-3-1-4-10-25)33(23-26-11-5-2-6-12-26)28(35)32(27)18-8-14-24-13-7-17-30-21-24/h1-3,5-7,11-13,17,21,25H,4,8-10,14-16,18-20,22-23H2. The summed E-state index contributed by atoms with van der Waals surface area (Å²) < 4.78 is 0. The summed E-state index contributed by atoms with van der Waals surface area (Å²) in [6.07, 6.45) is 14.8. The van der Waals surface area contributed by atoms with Gasteiger partial charge in [-0.25, -0.2) is 4.79 Å². The predicted molar refractivity (Wildman–Crippen MR) is 137 cm³/mol. The van der Waals surface area contributed by atoms with Gasteiger partial charge in [0.2, 0.25) is 0 Å². The van der Waals surface area contributed by atoms with Gasteiger partial charge in [-0.15, -0.1) is 0 Å². The summed E-state index contributed by atoms with van der Waals surface area (Å²) in [6.45, 7) is 3.77. The molecular weight excluding hydrogens is 436 g/mol. The smallest absolute Gasteiger partial charge is 0.305 e. The van der Waals surface area contributed by atoms with Crippen LogP contribution in [0.2, 0.25) is 0 Å². The Morgan fingerprint density at radius 3 is 2.49 bits per heavy atom. The van der Waals surface area contributed by atoms with Gasteiger partial charge in [-0.1, -0.05) is 48.6 Å². The van der Waals surface area contributed by atoms with Crippen molar-refractivity contribution < 1.29 is 9.59 Å². The van der Waals surface area contributed by atoms with Crippen LogP contribution < -0.4 is 0 Å². The van der Waals surface area contributed by atoms with E-state index in [2.05, 4.69) is 22.0 Å². The summed E-state index contributed by atoms with van der Waals surface area (Å²) in [4.78, 5) is 37.6. The maximum atomic E-state index is 13.9. The number of carbonyl (C=O) groups is 2. The number of piperidine rings is 1. The minimum Gasteiger partial charge on any atom is -0.305 e. The van der Waals surface area contributed by atoms with Crippen molar-refractivity contribution in [2.75, 3.05) is 26.2 Å². The molecule has 2 fully saturated rings. The lowest BCUT2D eigenvalue weighted by molar-refractivity contribution is -0.136. The third kappa shape index (κ3) is 5.18. The first-order valence-corrected chi connectivity index (χ1v) is 13.1. The molecule has 0 saturated carbocycles. The molecule has 35 heavy (non-hydrogen) atoms. The number of nitrogens with zero attached hydrogens (tertiary/aromatic N) is 4. The fourth-order valence-corrected chi connectivity index (χ4v) is 5.93. The second kappa shape index (κ2) is 10.7. The lowest BCUT2D eigenvalue weighted by atomic mass is 9.84. The minimum atomic E-state index is -0.718. The molecule has 3 aliphatic rings. The Morgan fingerprint density at radius 2 is 1.77 bits per heavy atom. The molecule has 1 spiro atoms. The van der Waals surface area contributed by atoms with E-state index < -0.39 is 5.54 Å². The lowest BCUT2D eigenvalue weighted by Gasteiger charge is -2.43. The molecule has 1 aliphatic carbocycles. The van der Waals surface area contributed by atoms with E-state index >= 15 is 0 Å². The van der Waals surface area contributed by atoms with Gasteiger partial charge in [-0.05, 0) is 68.1 Å². The van der Waals surface area contributed by atoms with Gasteiger partial charge in [0.25, 0.3) is 5.91 Å². The molecule has 2 aromatic rings. The monoisotopic (exact) mass is 472 g/mol. The second-order valence-corrected chi connectivity index (χ2v) is 10.3. The summed E-state index contributed by atoms with van der Waals surface area (Å²) in [5, 5.41) is 0. The van der Waals surface area contributed by atoms with Crippen molar-refractivity contribution in [2.45, 2.75) is 57.0 Å². The zero-order valence-corrected chi connectivity index (χ0v) is 20.5. The molecule has 0 N–H and O–H groups in total. The van der Waals surface area contributed by atoms with Crippen LogP contribution in [0.25, 0.3) is 0 Å². The molecule has 2 saturated heterocycles. The van der Waals surface area contributed by atoms with E-state index in [1.54, 1.807) is 6.20 Å². The van der Waals surface area contributed by atoms with Crippen LogP contribution in [0, 0.1) is 5.92 Å². The van der Waals surface area contributed by atoms with Crippen LogP contribution in [0.5, 0.6) is 0 Å². The SMILES string of the molecule is O=C1N(CCCc2cccnc2)C(=O)C2(CCN(CC3CC=CCC3)CC2)N1Cc1ccccc1. The molecule has 1 aromatic carbocycles. The van der Waals surface area contributed by atoms with Crippen molar-refractivity contribution >= 4 is 11.9 Å². The van der Waals surface area contributed by atoms with E-state index in [4.69, 9.17) is 0 Å². The molecule has 1 unspecified atom stereocenters. The number of carbonyl (C=O) groups excluding carboxylic acids is 2. The van der Waals surface area contributed by atoms with E-state index in [-0.39, 0.29) is 11.9 Å². The molecule has 2 aliphatic heterocycles. The van der Waals surface area contributed by atoms with Crippen molar-refractivity contribution in [3.8, 4) is 0 Å². The fraction of sp³-hybridized carbons (Fsp3) is 0.483. The first-order valence-electron chi connectivity index (χ1n) is 13.1. The van der Waals surface area contributed by atoms with Crippen LogP contribution in [0.3, 0.4) is 0 Å². The first-order chi connectivity index (χ1) is 17.2. The fourth-order valence-electron chi connectivity index (χ4n) is 5.93. The number of hydrogen-bond acceptors (Lipinski definition) is 4. The molecular formula is C29H36N4O2. The summed E-state index contributed by atoms with van der Waals surface area (Å²) >= 11 is 0. The second-order valence-electron chi connectivity index (χ2n) is 10.3. The number of benzene rings is 1. The summed E-state index contributed by atoms with van der Waals surface area (Å²) in [5.74, 6) is 0.712. The zero-order chi connectivity index (χ0) is 24.1. The molecule has 1 aromatic heterocycles. The number of aryl methyl sites for hydroxylation is 1. The highest BCUT2D eigenvalue weighted by Crippen LogP contribution is 2.39. The third-order valence-electron chi connectivity index (χ3n) is 7.95. The number of amides is 3. The van der Waals surface area contributed by atoms with E-state index in [0.29, 0.717) is 31.8 Å². The van der Waals surface area contributed by atoms with E-state index in [9.17, 15) is 9.59 Å². The summed E-state index contributed by atoms with van der Waals surface area (Å²) in [6, 6.07) is 13.9. The Labute approximate surface area is 208 Å². The largest absolute Gasteiger partial charge is 0.327 e. The van der Waals surface area contributed by atoms with Crippen LogP contribution in [0.1, 0.15) is 49.7 Å². The van der Waals surface area contributed by atoms with Crippen molar-refractivity contribution in [2.24, 2.45) is 5.92 Å². The third-order valence-corrected chi connectivity index (χ3v) is 7.95. The quantitative estimate of drug-likeness (QED) is 0.414. The molecule has 6 heteroatoms. The number of allylic oxidation sites excluding steroid dienone is 2. The number of hydrogen-bond donors (Lipinski definition) is 0. The topological polar surface area (TPSA) is 56.8 Å². The van der Waals surface area contributed by atoms with Crippen molar-refractivity contribution in [3.05, 3.63) is 78.1 Å². The van der Waals surface area contributed by atoms with Crippen LogP contribution >= 0.6 is 0 Å². The summed E-state index contributed by atoms with van der Waals surface area (Å²) in [5.41, 5.74) is 1.49. The van der Waals surface area contributed by atoms with Crippen LogP contribution in [0.15, 0.2) is 67.0 Å². The number of aromatic nitrogens is 1. The predicted octanol–water partition coefficient (Wildman–Crippen LogP) is 4.67. The normalized spacial score (nSPS) is 22.3. The van der Waals surface area contributed by atoms with Gasteiger partial charge in [0.05, 0.1) is 0 Å². The van der Waals surface area contributed by atoms with Gasteiger partial charge in [0, 0.05) is 45.1 Å². The Kier molecular flexibility index (Phi) is 7.28. The number of rotatable bonds is 8. The lowest BCUT2D eigenvalue weighted by Crippen LogP contribution is -2.56. The molecule has 3 heterocycles. The molecule has 1 atom stereocenters. The maximum Gasteiger partial charge on any atom is 0.327 e. The number of likely N-dealkylation sites (tertiary alicyclic amines) is 1. The molecule has 184 valence electrons. The Morgan fingerprint density at radius 1 is 0.971 bits per heavy atom. The average Bonchev–Trinajstić information content (AvgIpc) is 3.08. The van der Waals surface area contributed by atoms with Gasteiger partial charge < -0.3 is 9.80 Å². The van der Waals surface area contributed by atoms with Crippen LogP contribution in [-0.4, -0.2) is 63.3 Å².